The van der Waals surface area contributed by atoms with Crippen LogP contribution >= 0.6 is 0 Å². The molecule has 8 nitrogen and oxygen atoms in total. The molecule has 2 aromatic carbocycles. The standard InChI is InChI=1S/C23H23NO7/c25-18(12-13-24-23(29)30-14-15-4-2-1-3-5-15)21(26)17-8-6-16(7-9-17)19-10-11-20(31-19)22(27)28/h1-11,18,21,25-26H,12-14H2,(H,24,29)(H,27,28). The monoisotopic (exact) mass is 425 g/mol. The number of carbonyl (C=O) groups is 2. The Morgan fingerprint density at radius 3 is 2.32 bits per heavy atom. The summed E-state index contributed by atoms with van der Waals surface area (Å²) in [6.07, 6.45) is -2.72. The van der Waals surface area contributed by atoms with Gasteiger partial charge in [-0.15, -0.1) is 0 Å². The van der Waals surface area contributed by atoms with Gasteiger partial charge >= 0.3 is 12.1 Å². The van der Waals surface area contributed by atoms with Gasteiger partial charge in [0.25, 0.3) is 0 Å². The highest BCUT2D eigenvalue weighted by atomic mass is 16.5. The van der Waals surface area contributed by atoms with Crippen molar-refractivity contribution in [2.75, 3.05) is 6.54 Å². The van der Waals surface area contributed by atoms with Crippen molar-refractivity contribution in [3.8, 4) is 11.3 Å². The summed E-state index contributed by atoms with van der Waals surface area (Å²) in [7, 11) is 0. The third-order valence-corrected chi connectivity index (χ3v) is 4.64. The Hall–Kier alpha value is -3.62. The molecule has 0 aliphatic carbocycles. The highest BCUT2D eigenvalue weighted by Crippen LogP contribution is 2.25. The zero-order valence-corrected chi connectivity index (χ0v) is 16.6. The lowest BCUT2D eigenvalue weighted by atomic mass is 10.0. The molecule has 3 aromatic rings. The number of aliphatic hydroxyl groups excluding tert-OH is 2. The fourth-order valence-corrected chi connectivity index (χ4v) is 2.93. The Morgan fingerprint density at radius 1 is 0.968 bits per heavy atom. The summed E-state index contributed by atoms with van der Waals surface area (Å²) in [5, 5.41) is 32.0. The zero-order valence-electron chi connectivity index (χ0n) is 16.6. The molecule has 0 aliphatic rings. The van der Waals surface area contributed by atoms with E-state index in [0.717, 1.165) is 5.56 Å². The van der Waals surface area contributed by atoms with Gasteiger partial charge in [0, 0.05) is 12.1 Å². The quantitative estimate of drug-likeness (QED) is 0.414. The van der Waals surface area contributed by atoms with Crippen LogP contribution in [0.3, 0.4) is 0 Å². The fourth-order valence-electron chi connectivity index (χ4n) is 2.93. The van der Waals surface area contributed by atoms with Crippen molar-refractivity contribution < 1.29 is 34.1 Å². The number of alkyl carbamates (subject to hydrolysis) is 1. The van der Waals surface area contributed by atoms with E-state index in [-0.39, 0.29) is 25.3 Å². The summed E-state index contributed by atoms with van der Waals surface area (Å²) in [5.41, 5.74) is 1.99. The first-order valence-electron chi connectivity index (χ1n) is 9.68. The Balaban J connectivity index is 1.45. The van der Waals surface area contributed by atoms with Gasteiger partial charge in [0.05, 0.1) is 6.10 Å². The molecule has 162 valence electrons. The molecule has 1 aromatic heterocycles. The van der Waals surface area contributed by atoms with Crippen molar-refractivity contribution in [2.24, 2.45) is 0 Å². The number of benzene rings is 2. The lowest BCUT2D eigenvalue weighted by molar-refractivity contribution is 0.0136. The number of carboxylic acids is 1. The van der Waals surface area contributed by atoms with E-state index < -0.39 is 24.3 Å². The third-order valence-electron chi connectivity index (χ3n) is 4.64. The second-order valence-electron chi connectivity index (χ2n) is 6.88. The van der Waals surface area contributed by atoms with Crippen LogP contribution in [0.15, 0.2) is 71.1 Å². The maximum absolute atomic E-state index is 11.7. The summed E-state index contributed by atoms with van der Waals surface area (Å²) >= 11 is 0. The largest absolute Gasteiger partial charge is 0.475 e. The van der Waals surface area contributed by atoms with Crippen molar-refractivity contribution in [1.29, 1.82) is 0 Å². The van der Waals surface area contributed by atoms with Crippen LogP contribution in [0.1, 0.15) is 34.2 Å². The van der Waals surface area contributed by atoms with Crippen molar-refractivity contribution in [2.45, 2.75) is 25.2 Å². The number of aromatic carboxylic acids is 1. The number of hydrogen-bond acceptors (Lipinski definition) is 6. The number of furan rings is 1. The molecule has 1 amide bonds. The van der Waals surface area contributed by atoms with Gasteiger partial charge in [-0.2, -0.15) is 0 Å². The lowest BCUT2D eigenvalue weighted by Gasteiger charge is -2.18. The van der Waals surface area contributed by atoms with Crippen molar-refractivity contribution in [3.63, 3.8) is 0 Å². The van der Waals surface area contributed by atoms with Crippen LogP contribution in [-0.4, -0.2) is 40.0 Å². The molecule has 1 heterocycles. The molecule has 0 fully saturated rings. The topological polar surface area (TPSA) is 129 Å². The van der Waals surface area contributed by atoms with Gasteiger partial charge in [0.1, 0.15) is 18.5 Å². The number of aliphatic hydroxyl groups is 2. The van der Waals surface area contributed by atoms with Gasteiger partial charge in [0.15, 0.2) is 0 Å². The Kier molecular flexibility index (Phi) is 7.42. The molecule has 8 heteroatoms. The first kappa shape index (κ1) is 22.1. The van der Waals surface area contributed by atoms with Crippen LogP contribution in [0.25, 0.3) is 11.3 Å². The summed E-state index contributed by atoms with van der Waals surface area (Å²) < 4.78 is 10.3. The Morgan fingerprint density at radius 2 is 1.68 bits per heavy atom. The van der Waals surface area contributed by atoms with Crippen LogP contribution in [0.5, 0.6) is 0 Å². The maximum Gasteiger partial charge on any atom is 0.407 e. The number of amides is 1. The van der Waals surface area contributed by atoms with Crippen molar-refractivity contribution in [3.05, 3.63) is 83.6 Å². The lowest BCUT2D eigenvalue weighted by Crippen LogP contribution is -2.29. The van der Waals surface area contributed by atoms with Gasteiger partial charge in [0.2, 0.25) is 5.76 Å². The molecule has 3 rings (SSSR count). The van der Waals surface area contributed by atoms with Crippen molar-refractivity contribution in [1.82, 2.24) is 5.32 Å². The zero-order chi connectivity index (χ0) is 22.2. The molecule has 0 radical (unpaired) electrons. The maximum atomic E-state index is 11.7. The van der Waals surface area contributed by atoms with E-state index in [1.807, 2.05) is 30.3 Å². The summed E-state index contributed by atoms with van der Waals surface area (Å²) in [5.74, 6) is -0.930. The Bertz CT molecular complexity index is 998. The minimum atomic E-state index is -1.15. The summed E-state index contributed by atoms with van der Waals surface area (Å²) in [4.78, 5) is 22.6. The predicted molar refractivity (Wildman–Crippen MR) is 111 cm³/mol. The van der Waals surface area contributed by atoms with Gasteiger partial charge in [-0.1, -0.05) is 54.6 Å². The van der Waals surface area contributed by atoms with Gasteiger partial charge < -0.3 is 29.8 Å². The molecule has 31 heavy (non-hydrogen) atoms. The molecule has 0 saturated heterocycles. The van der Waals surface area contributed by atoms with Gasteiger partial charge in [-0.25, -0.2) is 9.59 Å². The number of rotatable bonds is 9. The minimum Gasteiger partial charge on any atom is -0.475 e. The van der Waals surface area contributed by atoms with E-state index in [1.54, 1.807) is 30.3 Å². The molecule has 0 saturated carbocycles. The number of hydrogen-bond donors (Lipinski definition) is 4. The van der Waals surface area contributed by atoms with E-state index in [1.165, 1.54) is 6.07 Å². The van der Waals surface area contributed by atoms with E-state index in [4.69, 9.17) is 14.3 Å². The number of carboxylic acid groups (broad SMARTS) is 1. The van der Waals surface area contributed by atoms with Gasteiger partial charge in [-0.3, -0.25) is 0 Å². The average molecular weight is 425 g/mol. The molecule has 0 bridgehead atoms. The third kappa shape index (κ3) is 6.18. The van der Waals surface area contributed by atoms with E-state index in [9.17, 15) is 19.8 Å². The average Bonchev–Trinajstić information content (AvgIpc) is 3.29. The number of ether oxygens (including phenoxy) is 1. The molecular weight excluding hydrogens is 402 g/mol. The summed E-state index contributed by atoms with van der Waals surface area (Å²) in [6.45, 7) is 0.280. The molecule has 2 unspecified atom stereocenters. The van der Waals surface area contributed by atoms with Crippen LogP contribution in [0, 0.1) is 0 Å². The first-order chi connectivity index (χ1) is 14.9. The van der Waals surface area contributed by atoms with Crippen LogP contribution < -0.4 is 5.32 Å². The minimum absolute atomic E-state index is 0.128. The fraction of sp³-hybridized carbons (Fsp3) is 0.217. The number of nitrogens with one attached hydrogen (secondary N) is 1. The number of carbonyl (C=O) groups excluding carboxylic acids is 1. The van der Waals surface area contributed by atoms with Crippen LogP contribution in [-0.2, 0) is 11.3 Å². The highest BCUT2D eigenvalue weighted by Gasteiger charge is 2.19. The highest BCUT2D eigenvalue weighted by molar-refractivity contribution is 5.85. The predicted octanol–water partition coefficient (Wildman–Crippen LogP) is 3.36. The van der Waals surface area contributed by atoms with Crippen LogP contribution in [0.2, 0.25) is 0 Å². The van der Waals surface area contributed by atoms with E-state index in [2.05, 4.69) is 5.32 Å². The second-order valence-corrected chi connectivity index (χ2v) is 6.88. The Labute approximate surface area is 178 Å². The van der Waals surface area contributed by atoms with E-state index in [0.29, 0.717) is 16.9 Å². The van der Waals surface area contributed by atoms with Gasteiger partial charge in [-0.05, 0) is 29.7 Å². The molecule has 0 spiro atoms. The van der Waals surface area contributed by atoms with Crippen LogP contribution in [0.4, 0.5) is 4.79 Å². The van der Waals surface area contributed by atoms with E-state index >= 15 is 0 Å². The molecule has 4 N–H and O–H groups in total. The smallest absolute Gasteiger partial charge is 0.407 e. The normalized spacial score (nSPS) is 12.7. The first-order valence-corrected chi connectivity index (χ1v) is 9.68. The van der Waals surface area contributed by atoms with Crippen molar-refractivity contribution >= 4 is 12.1 Å². The second kappa shape index (κ2) is 10.4. The SMILES string of the molecule is O=C(NCCC(O)C(O)c1ccc(-c2ccc(C(=O)O)o2)cc1)OCc1ccccc1. The molecular formula is C23H23NO7. The molecule has 2 atom stereocenters. The molecule has 0 aliphatic heterocycles. The summed E-state index contributed by atoms with van der Waals surface area (Å²) in [6, 6.07) is 18.7.